The molecule has 2 amide bonds. The molecule has 0 aliphatic carbocycles. The molecule has 30 heavy (non-hydrogen) atoms. The predicted octanol–water partition coefficient (Wildman–Crippen LogP) is 6.88. The molecule has 0 saturated carbocycles. The summed E-state index contributed by atoms with van der Waals surface area (Å²) in [7, 11) is 0. The molecule has 0 unspecified atom stereocenters. The second-order valence-corrected chi connectivity index (χ2v) is 8.01. The average molecular weight is 401 g/mol. The van der Waals surface area contributed by atoms with E-state index < -0.39 is 0 Å². The van der Waals surface area contributed by atoms with Crippen LogP contribution in [0.25, 0.3) is 0 Å². The van der Waals surface area contributed by atoms with Crippen molar-refractivity contribution < 1.29 is 4.79 Å². The Labute approximate surface area is 180 Å². The summed E-state index contributed by atoms with van der Waals surface area (Å²) in [4.78, 5) is 15.1. The van der Waals surface area contributed by atoms with Crippen LogP contribution >= 0.6 is 0 Å². The average Bonchev–Trinajstić information content (AvgIpc) is 2.75. The van der Waals surface area contributed by atoms with E-state index in [1.54, 1.807) is 0 Å². The summed E-state index contributed by atoms with van der Waals surface area (Å²) in [6.07, 6.45) is 3.51. The van der Waals surface area contributed by atoms with Gasteiger partial charge in [-0.25, -0.2) is 4.79 Å². The minimum absolute atomic E-state index is 0.0825. The van der Waals surface area contributed by atoms with Gasteiger partial charge < -0.3 is 10.2 Å². The first-order valence-electron chi connectivity index (χ1n) is 10.8. The molecule has 0 saturated heterocycles. The number of carbonyl (C=O) groups is 1. The highest BCUT2D eigenvalue weighted by molar-refractivity contribution is 5.90. The molecular weight excluding hydrogens is 368 g/mol. The molecule has 0 fully saturated rings. The number of aryl methyl sites for hydroxylation is 3. The predicted molar refractivity (Wildman–Crippen MR) is 126 cm³/mol. The molecule has 3 rings (SSSR count). The van der Waals surface area contributed by atoms with Crippen LogP contribution in [0.1, 0.15) is 47.6 Å². The van der Waals surface area contributed by atoms with Crippen molar-refractivity contribution >= 4 is 11.7 Å². The first-order valence-corrected chi connectivity index (χ1v) is 10.8. The lowest BCUT2D eigenvalue weighted by molar-refractivity contribution is 0.206. The van der Waals surface area contributed by atoms with Crippen LogP contribution in [0, 0.1) is 13.8 Å². The molecule has 0 aromatic heterocycles. The minimum Gasteiger partial charge on any atom is -0.316 e. The zero-order valence-corrected chi connectivity index (χ0v) is 18.3. The van der Waals surface area contributed by atoms with Crippen LogP contribution in [0.4, 0.5) is 10.5 Å². The highest BCUT2D eigenvalue weighted by atomic mass is 16.2. The fraction of sp³-hybridized carbons (Fsp3) is 0.296. The van der Waals surface area contributed by atoms with Crippen molar-refractivity contribution in [1.29, 1.82) is 0 Å². The van der Waals surface area contributed by atoms with Gasteiger partial charge in [0.05, 0.1) is 0 Å². The fourth-order valence-corrected chi connectivity index (χ4v) is 3.56. The van der Waals surface area contributed by atoms with Crippen LogP contribution in [0.5, 0.6) is 0 Å². The Balaban J connectivity index is 1.76. The molecule has 0 aliphatic heterocycles. The Morgan fingerprint density at radius 1 is 0.833 bits per heavy atom. The van der Waals surface area contributed by atoms with Gasteiger partial charge in [-0.3, -0.25) is 0 Å². The Hall–Kier alpha value is -3.07. The van der Waals surface area contributed by atoms with Crippen molar-refractivity contribution in [3.63, 3.8) is 0 Å². The maximum Gasteiger partial charge on any atom is 0.322 e. The molecule has 0 radical (unpaired) electrons. The van der Waals surface area contributed by atoms with Crippen molar-refractivity contribution in [1.82, 2.24) is 4.90 Å². The number of nitrogens with zero attached hydrogens (tertiary/aromatic N) is 1. The third kappa shape index (κ3) is 6.21. The molecule has 0 aliphatic rings. The summed E-state index contributed by atoms with van der Waals surface area (Å²) < 4.78 is 0. The van der Waals surface area contributed by atoms with Gasteiger partial charge in [0.1, 0.15) is 0 Å². The largest absolute Gasteiger partial charge is 0.322 e. The number of nitrogens with one attached hydrogen (secondary N) is 1. The van der Waals surface area contributed by atoms with E-state index in [4.69, 9.17) is 0 Å². The number of hydrogen-bond donors (Lipinski definition) is 1. The lowest BCUT2D eigenvalue weighted by Crippen LogP contribution is -2.34. The Morgan fingerprint density at radius 3 is 2.10 bits per heavy atom. The van der Waals surface area contributed by atoms with Gasteiger partial charge in [0.25, 0.3) is 0 Å². The molecule has 0 atom stereocenters. The molecular formula is C27H32N2O. The van der Waals surface area contributed by atoms with E-state index in [2.05, 4.69) is 61.6 Å². The number of rotatable bonds is 8. The number of hydrogen-bond acceptors (Lipinski definition) is 1. The van der Waals surface area contributed by atoms with E-state index in [1.165, 1.54) is 24.0 Å². The number of unbranched alkanes of at least 4 members (excludes halogenated alkanes) is 1. The number of amides is 2. The normalized spacial score (nSPS) is 10.6. The van der Waals surface area contributed by atoms with Gasteiger partial charge in [-0.2, -0.15) is 0 Å². The molecule has 3 heteroatoms. The molecule has 0 spiro atoms. The Bertz CT molecular complexity index is 948. The highest BCUT2D eigenvalue weighted by Crippen LogP contribution is 2.19. The van der Waals surface area contributed by atoms with Crippen molar-refractivity contribution in [2.75, 3.05) is 5.32 Å². The van der Waals surface area contributed by atoms with Gasteiger partial charge in [0, 0.05) is 18.8 Å². The maximum atomic E-state index is 13.2. The summed E-state index contributed by atoms with van der Waals surface area (Å²) in [5, 5.41) is 3.10. The molecule has 0 bridgehead atoms. The SMILES string of the molecule is CCCCc1ccc(CN(Cc2ccccc2)C(=O)Nc2ccc(C)cc2C)cc1. The molecule has 0 heterocycles. The number of urea groups is 1. The number of anilines is 1. The molecule has 3 aromatic carbocycles. The van der Waals surface area contributed by atoms with Gasteiger partial charge in [0.15, 0.2) is 0 Å². The van der Waals surface area contributed by atoms with Crippen molar-refractivity contribution in [2.45, 2.75) is 53.1 Å². The number of carbonyl (C=O) groups excluding carboxylic acids is 1. The topological polar surface area (TPSA) is 32.3 Å². The van der Waals surface area contributed by atoms with Gasteiger partial charge in [-0.1, -0.05) is 85.6 Å². The van der Waals surface area contributed by atoms with Gasteiger partial charge >= 0.3 is 6.03 Å². The molecule has 1 N–H and O–H groups in total. The van der Waals surface area contributed by atoms with Crippen LogP contribution in [0.3, 0.4) is 0 Å². The molecule has 3 nitrogen and oxygen atoms in total. The summed E-state index contributed by atoms with van der Waals surface area (Å²) >= 11 is 0. The molecule has 156 valence electrons. The van der Waals surface area contributed by atoms with Crippen molar-refractivity contribution in [3.05, 3.63) is 101 Å². The lowest BCUT2D eigenvalue weighted by Gasteiger charge is -2.24. The van der Waals surface area contributed by atoms with E-state index in [1.807, 2.05) is 42.2 Å². The summed E-state index contributed by atoms with van der Waals surface area (Å²) in [5.74, 6) is 0. The summed E-state index contributed by atoms with van der Waals surface area (Å²) in [6.45, 7) is 7.43. The first-order chi connectivity index (χ1) is 14.5. The smallest absolute Gasteiger partial charge is 0.316 e. The lowest BCUT2D eigenvalue weighted by atomic mass is 10.1. The summed E-state index contributed by atoms with van der Waals surface area (Å²) in [5.41, 5.74) is 6.74. The first kappa shape index (κ1) is 21.6. The minimum atomic E-state index is -0.0825. The highest BCUT2D eigenvalue weighted by Gasteiger charge is 2.16. The Kier molecular flexibility index (Phi) is 7.67. The van der Waals surface area contributed by atoms with Crippen LogP contribution < -0.4 is 5.32 Å². The zero-order chi connectivity index (χ0) is 21.3. The maximum absolute atomic E-state index is 13.2. The van der Waals surface area contributed by atoms with Crippen LogP contribution in [0.2, 0.25) is 0 Å². The standard InChI is InChI=1S/C27H32N2O/c1-4-5-9-23-13-15-25(16-14-23)20-29(19-24-10-7-6-8-11-24)27(30)28-26-17-12-21(2)18-22(26)3/h6-8,10-18H,4-5,9,19-20H2,1-3H3,(H,28,30). The van der Waals surface area contributed by atoms with Crippen molar-refractivity contribution in [3.8, 4) is 0 Å². The van der Waals surface area contributed by atoms with E-state index in [0.717, 1.165) is 28.8 Å². The zero-order valence-electron chi connectivity index (χ0n) is 18.3. The van der Waals surface area contributed by atoms with E-state index >= 15 is 0 Å². The summed E-state index contributed by atoms with van der Waals surface area (Å²) in [6, 6.07) is 24.8. The van der Waals surface area contributed by atoms with Crippen LogP contribution in [-0.2, 0) is 19.5 Å². The monoisotopic (exact) mass is 400 g/mol. The van der Waals surface area contributed by atoms with E-state index in [-0.39, 0.29) is 6.03 Å². The molecule has 3 aromatic rings. The van der Waals surface area contributed by atoms with Crippen molar-refractivity contribution in [2.24, 2.45) is 0 Å². The second-order valence-electron chi connectivity index (χ2n) is 8.01. The Morgan fingerprint density at radius 2 is 1.47 bits per heavy atom. The third-order valence-electron chi connectivity index (χ3n) is 5.34. The van der Waals surface area contributed by atoms with E-state index in [9.17, 15) is 4.79 Å². The van der Waals surface area contributed by atoms with E-state index in [0.29, 0.717) is 13.1 Å². The van der Waals surface area contributed by atoms with Gasteiger partial charge in [-0.05, 0) is 55.0 Å². The fourth-order valence-electron chi connectivity index (χ4n) is 3.56. The van der Waals surface area contributed by atoms with Gasteiger partial charge in [-0.15, -0.1) is 0 Å². The second kappa shape index (κ2) is 10.6. The quantitative estimate of drug-likeness (QED) is 0.439. The third-order valence-corrected chi connectivity index (χ3v) is 5.34. The van der Waals surface area contributed by atoms with Crippen LogP contribution in [-0.4, -0.2) is 10.9 Å². The number of benzene rings is 3. The van der Waals surface area contributed by atoms with Crippen LogP contribution in [0.15, 0.2) is 72.8 Å². The van der Waals surface area contributed by atoms with Gasteiger partial charge in [0.2, 0.25) is 0 Å².